The van der Waals surface area contributed by atoms with Crippen molar-refractivity contribution in [1.82, 2.24) is 5.32 Å². The molecule has 0 aromatic carbocycles. The van der Waals surface area contributed by atoms with E-state index < -0.39 is 5.97 Å². The number of furan rings is 1. The van der Waals surface area contributed by atoms with Gasteiger partial charge in [-0.25, -0.2) is 4.79 Å². The minimum absolute atomic E-state index is 0.0444. The van der Waals surface area contributed by atoms with E-state index in [0.29, 0.717) is 6.54 Å². The predicted molar refractivity (Wildman–Crippen MR) is 68.1 cm³/mol. The van der Waals surface area contributed by atoms with E-state index in [9.17, 15) is 9.59 Å². The van der Waals surface area contributed by atoms with Crippen LogP contribution in [0.3, 0.4) is 0 Å². The molecule has 0 spiro atoms. The number of nitrogens with one attached hydrogen (secondary N) is 1. The minimum atomic E-state index is -1.17. The van der Waals surface area contributed by atoms with Crippen LogP contribution in [0.2, 0.25) is 0 Å². The number of thioether (sulfide) groups is 1. The number of aromatic carboxylic acids is 1. The third kappa shape index (κ3) is 2.53. The number of carbonyl (C=O) groups excluding carboxylic acids is 1. The van der Waals surface area contributed by atoms with Gasteiger partial charge >= 0.3 is 5.97 Å². The van der Waals surface area contributed by atoms with Gasteiger partial charge in [0.2, 0.25) is 5.76 Å². The highest BCUT2D eigenvalue weighted by molar-refractivity contribution is 8.00. The van der Waals surface area contributed by atoms with E-state index in [-0.39, 0.29) is 22.2 Å². The Balaban J connectivity index is 1.93. The quantitative estimate of drug-likeness (QED) is 0.854. The Labute approximate surface area is 109 Å². The van der Waals surface area contributed by atoms with Gasteiger partial charge < -0.3 is 14.8 Å². The molecule has 18 heavy (non-hydrogen) atoms. The molecule has 6 heteroatoms. The van der Waals surface area contributed by atoms with Gasteiger partial charge in [-0.2, -0.15) is 11.8 Å². The molecule has 0 unspecified atom stereocenters. The van der Waals surface area contributed by atoms with Gasteiger partial charge in [-0.3, -0.25) is 4.79 Å². The summed E-state index contributed by atoms with van der Waals surface area (Å²) in [5.41, 5.74) is 0. The zero-order valence-electron chi connectivity index (χ0n) is 10.1. The van der Waals surface area contributed by atoms with Gasteiger partial charge in [0.15, 0.2) is 5.76 Å². The number of hydrogen-bond donors (Lipinski definition) is 2. The largest absolute Gasteiger partial charge is 0.475 e. The fourth-order valence-electron chi connectivity index (χ4n) is 1.93. The average molecular weight is 269 g/mol. The Morgan fingerprint density at radius 2 is 2.11 bits per heavy atom. The molecule has 1 aliphatic carbocycles. The first-order valence-electron chi connectivity index (χ1n) is 5.73. The summed E-state index contributed by atoms with van der Waals surface area (Å²) < 4.78 is 5.09. The molecule has 1 heterocycles. The van der Waals surface area contributed by atoms with Gasteiger partial charge in [0.05, 0.1) is 0 Å². The molecule has 2 N–H and O–H groups in total. The van der Waals surface area contributed by atoms with E-state index >= 15 is 0 Å². The lowest BCUT2D eigenvalue weighted by atomic mass is 9.84. The third-order valence-corrected chi connectivity index (χ3v) is 4.73. The second kappa shape index (κ2) is 5.06. The van der Waals surface area contributed by atoms with Gasteiger partial charge in [-0.1, -0.05) is 6.42 Å². The van der Waals surface area contributed by atoms with Crippen molar-refractivity contribution < 1.29 is 19.1 Å². The van der Waals surface area contributed by atoms with Crippen LogP contribution in [0.4, 0.5) is 0 Å². The second-order valence-electron chi connectivity index (χ2n) is 4.39. The molecule has 1 fully saturated rings. The van der Waals surface area contributed by atoms with E-state index in [1.165, 1.54) is 18.6 Å². The summed E-state index contributed by atoms with van der Waals surface area (Å²) in [6.45, 7) is 0.593. The Morgan fingerprint density at radius 1 is 1.44 bits per heavy atom. The summed E-state index contributed by atoms with van der Waals surface area (Å²) in [7, 11) is 0. The van der Waals surface area contributed by atoms with Crippen molar-refractivity contribution in [2.75, 3.05) is 12.8 Å². The smallest absolute Gasteiger partial charge is 0.371 e. The van der Waals surface area contributed by atoms with E-state index in [2.05, 4.69) is 5.32 Å². The lowest BCUT2D eigenvalue weighted by Gasteiger charge is -2.40. The highest BCUT2D eigenvalue weighted by Crippen LogP contribution is 2.42. The second-order valence-corrected chi connectivity index (χ2v) is 5.67. The zero-order chi connectivity index (χ0) is 13.2. The van der Waals surface area contributed by atoms with Crippen molar-refractivity contribution in [3.8, 4) is 0 Å². The summed E-state index contributed by atoms with van der Waals surface area (Å²) in [6, 6.07) is 2.66. The average Bonchev–Trinajstić information content (AvgIpc) is 2.77. The number of carbonyl (C=O) groups is 2. The van der Waals surface area contributed by atoms with Crippen LogP contribution in [0, 0.1) is 0 Å². The first-order valence-corrected chi connectivity index (χ1v) is 6.95. The molecule has 0 aliphatic heterocycles. The van der Waals surface area contributed by atoms with Crippen LogP contribution in [-0.4, -0.2) is 34.5 Å². The molecule has 1 aliphatic rings. The molecule has 0 bridgehead atoms. The summed E-state index contributed by atoms with van der Waals surface area (Å²) in [4.78, 5) is 22.4. The third-order valence-electron chi connectivity index (χ3n) is 3.31. The van der Waals surface area contributed by atoms with Gasteiger partial charge in [0.25, 0.3) is 5.91 Å². The number of rotatable bonds is 5. The van der Waals surface area contributed by atoms with Gasteiger partial charge in [-0.15, -0.1) is 0 Å². The van der Waals surface area contributed by atoms with Crippen LogP contribution in [0.5, 0.6) is 0 Å². The summed E-state index contributed by atoms with van der Waals surface area (Å²) in [5.74, 6) is -1.71. The van der Waals surface area contributed by atoms with E-state index in [1.807, 2.05) is 6.26 Å². The summed E-state index contributed by atoms with van der Waals surface area (Å²) >= 11 is 1.77. The Kier molecular flexibility index (Phi) is 3.65. The molecular formula is C12H15NO4S. The maximum Gasteiger partial charge on any atom is 0.371 e. The summed E-state index contributed by atoms with van der Waals surface area (Å²) in [5, 5.41) is 11.5. The highest BCUT2D eigenvalue weighted by Gasteiger charge is 2.36. The maximum absolute atomic E-state index is 11.8. The Morgan fingerprint density at radius 3 is 2.56 bits per heavy atom. The van der Waals surface area contributed by atoms with Crippen molar-refractivity contribution in [3.63, 3.8) is 0 Å². The van der Waals surface area contributed by atoms with Crippen LogP contribution in [0.1, 0.15) is 40.4 Å². The molecule has 1 aromatic heterocycles. The van der Waals surface area contributed by atoms with Crippen molar-refractivity contribution in [2.24, 2.45) is 0 Å². The summed E-state index contributed by atoms with van der Waals surface area (Å²) in [6.07, 6.45) is 5.45. The monoisotopic (exact) mass is 269 g/mol. The first-order chi connectivity index (χ1) is 8.56. The van der Waals surface area contributed by atoms with Crippen molar-refractivity contribution in [3.05, 3.63) is 23.7 Å². The number of carboxylic acids is 1. The SMILES string of the molecule is CSC1(CNC(=O)c2ccc(C(=O)O)o2)CCC1. The van der Waals surface area contributed by atoms with Crippen molar-refractivity contribution in [1.29, 1.82) is 0 Å². The zero-order valence-corrected chi connectivity index (χ0v) is 10.9. The van der Waals surface area contributed by atoms with E-state index in [0.717, 1.165) is 12.8 Å². The molecule has 1 aromatic rings. The molecule has 1 saturated carbocycles. The van der Waals surface area contributed by atoms with Crippen LogP contribution in [-0.2, 0) is 0 Å². The van der Waals surface area contributed by atoms with Crippen molar-refractivity contribution in [2.45, 2.75) is 24.0 Å². The number of hydrogen-bond acceptors (Lipinski definition) is 4. The Hall–Kier alpha value is -1.43. The van der Waals surface area contributed by atoms with E-state index in [4.69, 9.17) is 9.52 Å². The van der Waals surface area contributed by atoms with Gasteiger partial charge in [0.1, 0.15) is 0 Å². The van der Waals surface area contributed by atoms with Crippen LogP contribution in [0.25, 0.3) is 0 Å². The normalized spacial score (nSPS) is 16.9. The van der Waals surface area contributed by atoms with Gasteiger partial charge in [0, 0.05) is 11.3 Å². The molecule has 5 nitrogen and oxygen atoms in total. The lowest BCUT2D eigenvalue weighted by Crippen LogP contribution is -2.45. The van der Waals surface area contributed by atoms with Crippen molar-refractivity contribution >= 4 is 23.6 Å². The highest BCUT2D eigenvalue weighted by atomic mass is 32.2. The standard InChI is InChI=1S/C12H15NO4S/c1-18-12(5-2-6-12)7-13-10(14)8-3-4-9(17-8)11(15)16/h3-4H,2,5-7H2,1H3,(H,13,14)(H,15,16). The molecule has 0 radical (unpaired) electrons. The number of amides is 1. The fraction of sp³-hybridized carbons (Fsp3) is 0.500. The van der Waals surface area contributed by atoms with Crippen LogP contribution >= 0.6 is 11.8 Å². The Bertz CT molecular complexity index is 459. The first kappa shape index (κ1) is 13.0. The predicted octanol–water partition coefficient (Wildman–Crippen LogP) is 1.99. The van der Waals surface area contributed by atoms with Crippen LogP contribution < -0.4 is 5.32 Å². The molecule has 1 amide bonds. The maximum atomic E-state index is 11.8. The molecule has 0 saturated heterocycles. The van der Waals surface area contributed by atoms with Crippen LogP contribution in [0.15, 0.2) is 16.5 Å². The molecular weight excluding hydrogens is 254 g/mol. The molecule has 2 rings (SSSR count). The lowest BCUT2D eigenvalue weighted by molar-refractivity contribution is 0.0659. The molecule has 0 atom stereocenters. The fourth-order valence-corrected chi connectivity index (χ4v) is 2.84. The van der Waals surface area contributed by atoms with Gasteiger partial charge in [-0.05, 0) is 31.2 Å². The topological polar surface area (TPSA) is 79.5 Å². The molecule has 98 valence electrons. The minimum Gasteiger partial charge on any atom is -0.475 e. The van der Waals surface area contributed by atoms with E-state index in [1.54, 1.807) is 11.8 Å². The number of carboxylic acid groups (broad SMARTS) is 1.